The standard InChI is InChI=1S/C20H19N3O4/c1-26-18-9-3-14(4-10-18)12-23-19(24)16(11-21)13-22-17-7-5-15(6-8-17)20(25)27-2/h3-10,13,22H,12H2,1-2H3,(H,23,24)/b16-13+. The van der Waals surface area contributed by atoms with Crippen molar-refractivity contribution in [3.05, 3.63) is 71.4 Å². The molecule has 2 rings (SSSR count). The molecule has 0 bridgehead atoms. The Morgan fingerprint density at radius 2 is 1.74 bits per heavy atom. The van der Waals surface area contributed by atoms with Crippen LogP contribution in [-0.4, -0.2) is 26.1 Å². The number of nitrogens with one attached hydrogen (secondary N) is 2. The zero-order valence-corrected chi connectivity index (χ0v) is 15.0. The van der Waals surface area contributed by atoms with E-state index >= 15 is 0 Å². The fourth-order valence-corrected chi connectivity index (χ4v) is 2.15. The zero-order valence-electron chi connectivity index (χ0n) is 15.0. The lowest BCUT2D eigenvalue weighted by molar-refractivity contribution is -0.117. The topological polar surface area (TPSA) is 100 Å². The number of hydrogen-bond donors (Lipinski definition) is 2. The van der Waals surface area contributed by atoms with Gasteiger partial charge in [-0.3, -0.25) is 4.79 Å². The molecule has 0 heterocycles. The van der Waals surface area contributed by atoms with Crippen molar-refractivity contribution < 1.29 is 19.1 Å². The van der Waals surface area contributed by atoms with Crippen molar-refractivity contribution in [3.8, 4) is 11.8 Å². The Morgan fingerprint density at radius 1 is 1.07 bits per heavy atom. The van der Waals surface area contributed by atoms with E-state index in [9.17, 15) is 14.9 Å². The maximum Gasteiger partial charge on any atom is 0.337 e. The number of esters is 1. The first-order valence-corrected chi connectivity index (χ1v) is 8.03. The fourth-order valence-electron chi connectivity index (χ4n) is 2.15. The summed E-state index contributed by atoms with van der Waals surface area (Å²) in [4.78, 5) is 23.5. The van der Waals surface area contributed by atoms with Crippen molar-refractivity contribution in [2.75, 3.05) is 19.5 Å². The first kappa shape index (κ1) is 19.5. The van der Waals surface area contributed by atoms with Gasteiger partial charge in [-0.05, 0) is 42.0 Å². The van der Waals surface area contributed by atoms with E-state index in [2.05, 4.69) is 15.4 Å². The quantitative estimate of drug-likeness (QED) is 0.444. The molecule has 0 aliphatic heterocycles. The lowest BCUT2D eigenvalue weighted by Gasteiger charge is -2.07. The number of rotatable bonds is 7. The van der Waals surface area contributed by atoms with Gasteiger partial charge in [0.25, 0.3) is 5.91 Å². The number of amides is 1. The third kappa shape index (κ3) is 5.61. The highest BCUT2D eigenvalue weighted by molar-refractivity contribution is 5.97. The molecular weight excluding hydrogens is 346 g/mol. The summed E-state index contributed by atoms with van der Waals surface area (Å²) in [5, 5.41) is 14.7. The van der Waals surface area contributed by atoms with Crippen molar-refractivity contribution in [2.24, 2.45) is 0 Å². The molecule has 2 aromatic carbocycles. The van der Waals surface area contributed by atoms with E-state index in [0.717, 1.165) is 11.3 Å². The van der Waals surface area contributed by atoms with Gasteiger partial charge < -0.3 is 20.1 Å². The van der Waals surface area contributed by atoms with Crippen LogP contribution in [0.1, 0.15) is 15.9 Å². The molecule has 0 atom stereocenters. The Labute approximate surface area is 157 Å². The minimum Gasteiger partial charge on any atom is -0.497 e. The normalized spacial score (nSPS) is 10.5. The highest BCUT2D eigenvalue weighted by atomic mass is 16.5. The first-order valence-electron chi connectivity index (χ1n) is 8.03. The van der Waals surface area contributed by atoms with E-state index in [1.807, 2.05) is 18.2 Å². The second-order valence-electron chi connectivity index (χ2n) is 5.41. The van der Waals surface area contributed by atoms with Crippen LogP contribution in [0.5, 0.6) is 5.75 Å². The molecule has 0 radical (unpaired) electrons. The summed E-state index contributed by atoms with van der Waals surface area (Å²) in [6, 6.07) is 15.6. The Balaban J connectivity index is 1.95. The van der Waals surface area contributed by atoms with Gasteiger partial charge in [-0.2, -0.15) is 5.26 Å². The molecule has 7 heteroatoms. The third-order valence-electron chi connectivity index (χ3n) is 3.67. The van der Waals surface area contributed by atoms with Gasteiger partial charge in [0, 0.05) is 18.4 Å². The largest absolute Gasteiger partial charge is 0.497 e. The van der Waals surface area contributed by atoms with Gasteiger partial charge in [-0.1, -0.05) is 12.1 Å². The smallest absolute Gasteiger partial charge is 0.337 e. The average molecular weight is 365 g/mol. The van der Waals surface area contributed by atoms with Crippen LogP contribution in [0.2, 0.25) is 0 Å². The minimum atomic E-state index is -0.494. The molecule has 7 nitrogen and oxygen atoms in total. The molecule has 0 aliphatic rings. The molecule has 27 heavy (non-hydrogen) atoms. The molecule has 0 saturated carbocycles. The van der Waals surface area contributed by atoms with Crippen molar-refractivity contribution in [2.45, 2.75) is 6.54 Å². The SMILES string of the molecule is COC(=O)c1ccc(N/C=C(\C#N)C(=O)NCc2ccc(OC)cc2)cc1. The molecule has 2 aromatic rings. The number of methoxy groups -OCH3 is 2. The number of carbonyl (C=O) groups excluding carboxylic acids is 2. The number of nitriles is 1. The second kappa shape index (κ2) is 9.63. The average Bonchev–Trinajstić information content (AvgIpc) is 2.72. The second-order valence-corrected chi connectivity index (χ2v) is 5.41. The summed E-state index contributed by atoms with van der Waals surface area (Å²) < 4.78 is 9.70. The van der Waals surface area contributed by atoms with Crippen LogP contribution in [0.15, 0.2) is 60.3 Å². The third-order valence-corrected chi connectivity index (χ3v) is 3.67. The number of anilines is 1. The Hall–Kier alpha value is -3.79. The van der Waals surface area contributed by atoms with Gasteiger partial charge in [0.05, 0.1) is 19.8 Å². The van der Waals surface area contributed by atoms with Crippen LogP contribution < -0.4 is 15.4 Å². The Morgan fingerprint density at radius 3 is 2.30 bits per heavy atom. The molecule has 0 unspecified atom stereocenters. The number of carbonyl (C=O) groups is 2. The molecule has 0 aliphatic carbocycles. The molecule has 138 valence electrons. The summed E-state index contributed by atoms with van der Waals surface area (Å²) in [7, 11) is 2.89. The van der Waals surface area contributed by atoms with E-state index in [1.165, 1.54) is 13.3 Å². The summed E-state index contributed by atoms with van der Waals surface area (Å²) in [6.07, 6.45) is 1.32. The highest BCUT2D eigenvalue weighted by Crippen LogP contribution is 2.12. The van der Waals surface area contributed by atoms with Crippen molar-refractivity contribution >= 4 is 17.6 Å². The van der Waals surface area contributed by atoms with Gasteiger partial charge in [0.2, 0.25) is 0 Å². The first-order chi connectivity index (χ1) is 13.1. The van der Waals surface area contributed by atoms with Gasteiger partial charge in [-0.15, -0.1) is 0 Å². The minimum absolute atomic E-state index is 0.0689. The molecule has 0 saturated heterocycles. The predicted molar refractivity (Wildman–Crippen MR) is 99.9 cm³/mol. The van der Waals surface area contributed by atoms with Gasteiger partial charge in [0.15, 0.2) is 0 Å². The van der Waals surface area contributed by atoms with Crippen LogP contribution in [0, 0.1) is 11.3 Å². The Bertz CT molecular complexity index is 866. The van der Waals surface area contributed by atoms with E-state index in [4.69, 9.17) is 4.74 Å². The highest BCUT2D eigenvalue weighted by Gasteiger charge is 2.09. The molecule has 1 amide bonds. The molecule has 0 spiro atoms. The van der Waals surface area contributed by atoms with E-state index in [1.54, 1.807) is 43.5 Å². The van der Waals surface area contributed by atoms with Crippen LogP contribution in [0.4, 0.5) is 5.69 Å². The fraction of sp³-hybridized carbons (Fsp3) is 0.150. The van der Waals surface area contributed by atoms with Crippen LogP contribution in [-0.2, 0) is 16.1 Å². The van der Waals surface area contributed by atoms with Crippen LogP contribution in [0.3, 0.4) is 0 Å². The number of benzene rings is 2. The van der Waals surface area contributed by atoms with Gasteiger partial charge in [0.1, 0.15) is 17.4 Å². The molecular formula is C20H19N3O4. The summed E-state index contributed by atoms with van der Waals surface area (Å²) in [6.45, 7) is 0.287. The molecule has 2 N–H and O–H groups in total. The summed E-state index contributed by atoms with van der Waals surface area (Å²) in [5.74, 6) is -0.204. The van der Waals surface area contributed by atoms with Gasteiger partial charge >= 0.3 is 5.97 Å². The van der Waals surface area contributed by atoms with E-state index < -0.39 is 11.9 Å². The van der Waals surface area contributed by atoms with E-state index in [-0.39, 0.29) is 12.1 Å². The lowest BCUT2D eigenvalue weighted by atomic mass is 10.2. The van der Waals surface area contributed by atoms with Crippen molar-refractivity contribution in [1.29, 1.82) is 5.26 Å². The van der Waals surface area contributed by atoms with Crippen molar-refractivity contribution in [3.63, 3.8) is 0 Å². The lowest BCUT2D eigenvalue weighted by Crippen LogP contribution is -2.24. The number of ether oxygens (including phenoxy) is 2. The van der Waals surface area contributed by atoms with Crippen LogP contribution >= 0.6 is 0 Å². The maximum atomic E-state index is 12.1. The van der Waals surface area contributed by atoms with Crippen LogP contribution in [0.25, 0.3) is 0 Å². The monoisotopic (exact) mass is 365 g/mol. The maximum absolute atomic E-state index is 12.1. The molecule has 0 fully saturated rings. The zero-order chi connectivity index (χ0) is 19.6. The van der Waals surface area contributed by atoms with E-state index in [0.29, 0.717) is 11.3 Å². The number of nitrogens with zero attached hydrogens (tertiary/aromatic N) is 1. The van der Waals surface area contributed by atoms with Gasteiger partial charge in [-0.25, -0.2) is 4.79 Å². The summed E-state index contributed by atoms with van der Waals surface area (Å²) in [5.41, 5.74) is 1.84. The molecule has 0 aromatic heterocycles. The Kier molecular flexibility index (Phi) is 6.97. The number of hydrogen-bond acceptors (Lipinski definition) is 6. The van der Waals surface area contributed by atoms with Crippen molar-refractivity contribution in [1.82, 2.24) is 5.32 Å². The summed E-state index contributed by atoms with van der Waals surface area (Å²) >= 11 is 0. The predicted octanol–water partition coefficient (Wildman–Crippen LogP) is 2.62.